The first-order chi connectivity index (χ1) is 12.4. The van der Waals surface area contributed by atoms with Gasteiger partial charge in [0.1, 0.15) is 11.5 Å². The maximum absolute atomic E-state index is 12.1. The molecule has 0 saturated carbocycles. The van der Waals surface area contributed by atoms with Crippen LogP contribution >= 0.6 is 0 Å². The molecule has 26 heavy (non-hydrogen) atoms. The summed E-state index contributed by atoms with van der Waals surface area (Å²) >= 11 is 0. The van der Waals surface area contributed by atoms with Crippen molar-refractivity contribution in [2.45, 2.75) is 32.4 Å². The van der Waals surface area contributed by atoms with Crippen LogP contribution in [0.4, 0.5) is 0 Å². The highest BCUT2D eigenvalue weighted by Crippen LogP contribution is 2.21. The molecule has 6 nitrogen and oxygen atoms in total. The van der Waals surface area contributed by atoms with Crippen molar-refractivity contribution in [3.63, 3.8) is 0 Å². The van der Waals surface area contributed by atoms with Gasteiger partial charge < -0.3 is 24.7 Å². The van der Waals surface area contributed by atoms with Crippen molar-refractivity contribution in [2.24, 2.45) is 0 Å². The highest BCUT2D eigenvalue weighted by molar-refractivity contribution is 5.79. The van der Waals surface area contributed by atoms with E-state index in [1.807, 2.05) is 19.9 Å². The third-order valence-corrected chi connectivity index (χ3v) is 3.47. The Morgan fingerprint density at radius 1 is 1.00 bits per heavy atom. The van der Waals surface area contributed by atoms with E-state index in [1.165, 1.54) is 0 Å². The topological polar surface area (TPSA) is 87.7 Å². The van der Waals surface area contributed by atoms with Crippen molar-refractivity contribution >= 4 is 11.9 Å². The summed E-state index contributed by atoms with van der Waals surface area (Å²) in [7, 11) is 0. The molecule has 138 valence electrons. The predicted molar refractivity (Wildman–Crippen MR) is 94.7 cm³/mol. The molecule has 6 heteroatoms. The van der Waals surface area contributed by atoms with E-state index in [4.69, 9.17) is 9.47 Å². The van der Waals surface area contributed by atoms with Crippen LogP contribution in [0, 0.1) is 0 Å². The average molecular weight is 356 g/mol. The van der Waals surface area contributed by atoms with Gasteiger partial charge in [0.2, 0.25) is 0 Å². The minimum Gasteiger partial charge on any atom is -0.550 e. The van der Waals surface area contributed by atoms with E-state index in [0.29, 0.717) is 17.1 Å². The Balaban J connectivity index is 1.99. The number of amides is 1. The molecule has 0 saturated heterocycles. The molecular weight excluding hydrogens is 334 g/mol. The Morgan fingerprint density at radius 2 is 1.65 bits per heavy atom. The fraction of sp³-hybridized carbons (Fsp3) is 0.300. The van der Waals surface area contributed by atoms with Gasteiger partial charge in [0.15, 0.2) is 6.61 Å². The molecule has 2 aromatic carbocycles. The largest absolute Gasteiger partial charge is 0.550 e. The van der Waals surface area contributed by atoms with Crippen LogP contribution in [0.1, 0.15) is 31.9 Å². The van der Waals surface area contributed by atoms with Gasteiger partial charge in [0.05, 0.1) is 12.1 Å². The smallest absolute Gasteiger partial charge is 0.258 e. The Labute approximate surface area is 152 Å². The second-order valence-corrected chi connectivity index (χ2v) is 6.03. The van der Waals surface area contributed by atoms with Crippen molar-refractivity contribution < 1.29 is 24.2 Å². The van der Waals surface area contributed by atoms with Gasteiger partial charge >= 0.3 is 0 Å². The summed E-state index contributed by atoms with van der Waals surface area (Å²) in [5, 5.41) is 13.7. The number of benzene rings is 2. The highest BCUT2D eigenvalue weighted by Gasteiger charge is 2.16. The lowest BCUT2D eigenvalue weighted by atomic mass is 10.0. The molecule has 1 N–H and O–H groups in total. The van der Waals surface area contributed by atoms with E-state index >= 15 is 0 Å². The minimum atomic E-state index is -1.25. The van der Waals surface area contributed by atoms with Gasteiger partial charge in [-0.2, -0.15) is 0 Å². The summed E-state index contributed by atoms with van der Waals surface area (Å²) in [4.78, 5) is 23.2. The minimum absolute atomic E-state index is 0.0368. The van der Waals surface area contributed by atoms with Gasteiger partial charge in [-0.3, -0.25) is 4.79 Å². The predicted octanol–water partition coefficient (Wildman–Crippen LogP) is 1.85. The molecule has 0 aromatic heterocycles. The molecule has 0 bridgehead atoms. The van der Waals surface area contributed by atoms with E-state index in [0.717, 1.165) is 0 Å². The number of carboxylic acids is 1. The van der Waals surface area contributed by atoms with Crippen molar-refractivity contribution in [1.29, 1.82) is 0 Å². The quantitative estimate of drug-likeness (QED) is 0.741. The first-order valence-corrected chi connectivity index (χ1v) is 8.37. The Morgan fingerprint density at radius 3 is 2.23 bits per heavy atom. The molecule has 2 rings (SSSR count). The molecule has 0 heterocycles. The molecule has 0 radical (unpaired) electrons. The van der Waals surface area contributed by atoms with Gasteiger partial charge in [-0.15, -0.1) is 0 Å². The zero-order valence-electron chi connectivity index (χ0n) is 14.8. The van der Waals surface area contributed by atoms with E-state index in [9.17, 15) is 14.7 Å². The summed E-state index contributed by atoms with van der Waals surface area (Å²) in [6.07, 6.45) is -0.295. The number of nitrogens with one attached hydrogen (secondary N) is 1. The second-order valence-electron chi connectivity index (χ2n) is 6.03. The van der Waals surface area contributed by atoms with Crippen LogP contribution in [0.3, 0.4) is 0 Å². The summed E-state index contributed by atoms with van der Waals surface area (Å²) < 4.78 is 10.9. The monoisotopic (exact) mass is 356 g/mol. The first kappa shape index (κ1) is 19.3. The van der Waals surface area contributed by atoms with Crippen LogP contribution in [-0.4, -0.2) is 24.6 Å². The van der Waals surface area contributed by atoms with E-state index < -0.39 is 17.9 Å². The summed E-state index contributed by atoms with van der Waals surface area (Å²) in [5.41, 5.74) is 0.651. The number of hydrogen-bond acceptors (Lipinski definition) is 5. The third-order valence-electron chi connectivity index (χ3n) is 3.47. The zero-order valence-corrected chi connectivity index (χ0v) is 14.8. The Kier molecular flexibility index (Phi) is 7.02. The maximum Gasteiger partial charge on any atom is 0.258 e. The van der Waals surface area contributed by atoms with Crippen LogP contribution in [0.15, 0.2) is 54.6 Å². The van der Waals surface area contributed by atoms with Gasteiger partial charge in [-0.05, 0) is 43.7 Å². The molecule has 1 amide bonds. The number of rotatable bonds is 9. The van der Waals surface area contributed by atoms with Gasteiger partial charge in [0, 0.05) is 12.4 Å². The van der Waals surface area contributed by atoms with Gasteiger partial charge in [-0.1, -0.05) is 30.3 Å². The number of carbonyl (C=O) groups excluding carboxylic acids is 2. The van der Waals surface area contributed by atoms with Crippen LogP contribution in [0.5, 0.6) is 11.5 Å². The lowest BCUT2D eigenvalue weighted by Crippen LogP contribution is -2.36. The Hall–Kier alpha value is -3.02. The average Bonchev–Trinajstić information content (AvgIpc) is 2.60. The normalized spacial score (nSPS) is 11.7. The third kappa shape index (κ3) is 6.47. The molecule has 1 unspecified atom stereocenters. The van der Waals surface area contributed by atoms with E-state index in [-0.39, 0.29) is 19.1 Å². The molecule has 0 aliphatic rings. The molecule has 0 aliphatic carbocycles. The van der Waals surface area contributed by atoms with Crippen molar-refractivity contribution in [3.05, 3.63) is 60.2 Å². The first-order valence-electron chi connectivity index (χ1n) is 8.37. The lowest BCUT2D eigenvalue weighted by Gasteiger charge is -2.20. The van der Waals surface area contributed by atoms with Crippen molar-refractivity contribution in [3.8, 4) is 11.5 Å². The molecule has 0 spiro atoms. The number of hydrogen-bond donors (Lipinski definition) is 1. The van der Waals surface area contributed by atoms with Crippen molar-refractivity contribution in [2.75, 3.05) is 6.61 Å². The SMILES string of the molecule is CC(C)Oc1ccc(C(CC(=O)[O-])NC(=O)COc2ccccc2)cc1. The number of para-hydroxylation sites is 1. The molecular formula is C20H22NO5-. The molecule has 2 aromatic rings. The molecule has 1 atom stereocenters. The summed E-state index contributed by atoms with van der Waals surface area (Å²) in [5.74, 6) is -0.423. The number of carbonyl (C=O) groups is 2. The Bertz CT molecular complexity index is 713. The second kappa shape index (κ2) is 9.46. The van der Waals surface area contributed by atoms with E-state index in [1.54, 1.807) is 48.5 Å². The van der Waals surface area contributed by atoms with Crippen LogP contribution in [0.2, 0.25) is 0 Å². The van der Waals surface area contributed by atoms with Crippen LogP contribution in [0.25, 0.3) is 0 Å². The van der Waals surface area contributed by atoms with Crippen molar-refractivity contribution in [1.82, 2.24) is 5.32 Å². The number of carboxylic acid groups (broad SMARTS) is 1. The summed E-state index contributed by atoms with van der Waals surface area (Å²) in [6, 6.07) is 15.1. The fourth-order valence-electron chi connectivity index (χ4n) is 2.37. The number of aliphatic carboxylic acids is 1. The van der Waals surface area contributed by atoms with Gasteiger partial charge in [0.25, 0.3) is 5.91 Å². The fourth-order valence-corrected chi connectivity index (χ4v) is 2.37. The number of ether oxygens (including phenoxy) is 2. The molecule has 0 fully saturated rings. The zero-order chi connectivity index (χ0) is 18.9. The van der Waals surface area contributed by atoms with Crippen LogP contribution < -0.4 is 19.9 Å². The van der Waals surface area contributed by atoms with Gasteiger partial charge in [-0.25, -0.2) is 0 Å². The maximum atomic E-state index is 12.1. The highest BCUT2D eigenvalue weighted by atomic mass is 16.5. The molecule has 0 aliphatic heterocycles. The lowest BCUT2D eigenvalue weighted by molar-refractivity contribution is -0.306. The van der Waals surface area contributed by atoms with Crippen LogP contribution in [-0.2, 0) is 9.59 Å². The summed E-state index contributed by atoms with van der Waals surface area (Å²) in [6.45, 7) is 3.63. The standard InChI is InChI=1S/C20H23NO5/c1-14(2)26-17-10-8-15(9-11-17)18(12-20(23)24)21-19(22)13-25-16-6-4-3-5-7-16/h3-11,14,18H,12-13H2,1-2H3,(H,21,22)(H,23,24)/p-1. The van der Waals surface area contributed by atoms with E-state index in [2.05, 4.69) is 5.32 Å².